The van der Waals surface area contributed by atoms with Crippen molar-refractivity contribution in [3.8, 4) is 0 Å². The van der Waals surface area contributed by atoms with Gasteiger partial charge in [-0.25, -0.2) is 0 Å². The smallest absolute Gasteiger partial charge is 0.391 e. The molecule has 0 heterocycles. The summed E-state index contributed by atoms with van der Waals surface area (Å²) in [4.78, 5) is 4.78. The molecule has 0 N–H and O–H groups in total. The van der Waals surface area contributed by atoms with Crippen molar-refractivity contribution in [3.05, 3.63) is 35.4 Å². The van der Waals surface area contributed by atoms with Crippen LogP contribution in [0, 0.1) is 5.92 Å². The van der Waals surface area contributed by atoms with Crippen LogP contribution >= 0.6 is 0 Å². The zero-order valence-corrected chi connectivity index (χ0v) is 9.58. The van der Waals surface area contributed by atoms with E-state index in [4.69, 9.17) is 4.84 Å². The average Bonchev–Trinajstić information content (AvgIpc) is 2.23. The van der Waals surface area contributed by atoms with E-state index in [9.17, 15) is 13.2 Å². The number of nitrogens with zero attached hydrogens (tertiary/aromatic N) is 1. The number of benzene rings is 1. The van der Waals surface area contributed by atoms with E-state index in [1.807, 2.05) is 13.8 Å². The topological polar surface area (TPSA) is 21.6 Å². The number of alkyl halides is 3. The van der Waals surface area contributed by atoms with Crippen LogP contribution in [0.3, 0.4) is 0 Å². The Labute approximate surface area is 98.1 Å². The second-order valence-electron chi connectivity index (χ2n) is 3.80. The van der Waals surface area contributed by atoms with Gasteiger partial charge >= 0.3 is 6.18 Å². The standard InChI is InChI=1S/C12H13F3NO/c1-9(2)7-16-17-8-10-5-3-4-6-11(10)12(13,14)15/h3-6,9H,8H2,1-2H3. The Morgan fingerprint density at radius 1 is 1.29 bits per heavy atom. The van der Waals surface area contributed by atoms with Gasteiger partial charge in [0.25, 0.3) is 0 Å². The summed E-state index contributed by atoms with van der Waals surface area (Å²) in [6.45, 7) is 3.47. The Hall–Kier alpha value is -1.52. The summed E-state index contributed by atoms with van der Waals surface area (Å²) < 4.78 is 37.8. The first-order chi connectivity index (χ1) is 7.91. The summed E-state index contributed by atoms with van der Waals surface area (Å²) >= 11 is 0. The quantitative estimate of drug-likeness (QED) is 0.584. The van der Waals surface area contributed by atoms with E-state index < -0.39 is 11.7 Å². The first-order valence-electron chi connectivity index (χ1n) is 5.14. The monoisotopic (exact) mass is 244 g/mol. The third-order valence-corrected chi connectivity index (χ3v) is 1.92. The second kappa shape index (κ2) is 5.70. The third-order valence-electron chi connectivity index (χ3n) is 1.92. The van der Waals surface area contributed by atoms with Gasteiger partial charge in [-0.3, -0.25) is 0 Å². The van der Waals surface area contributed by atoms with Crippen molar-refractivity contribution in [1.29, 1.82) is 0 Å². The highest BCUT2D eigenvalue weighted by Gasteiger charge is 2.32. The van der Waals surface area contributed by atoms with Gasteiger partial charge in [-0.15, -0.1) is 0 Å². The van der Waals surface area contributed by atoms with E-state index in [1.165, 1.54) is 18.2 Å². The third kappa shape index (κ3) is 4.46. The molecule has 1 rings (SSSR count). The minimum atomic E-state index is -4.37. The number of halogens is 3. The van der Waals surface area contributed by atoms with Gasteiger partial charge in [-0.05, 0) is 6.07 Å². The fraction of sp³-hybridized carbons (Fsp3) is 0.417. The summed E-state index contributed by atoms with van der Waals surface area (Å²) in [5, 5.41) is 3.47. The Morgan fingerprint density at radius 2 is 1.94 bits per heavy atom. The first-order valence-corrected chi connectivity index (χ1v) is 5.14. The van der Waals surface area contributed by atoms with E-state index in [1.54, 1.807) is 0 Å². The van der Waals surface area contributed by atoms with E-state index in [-0.39, 0.29) is 18.1 Å². The number of rotatable bonds is 4. The van der Waals surface area contributed by atoms with Crippen LogP contribution in [0.5, 0.6) is 0 Å². The van der Waals surface area contributed by atoms with Crippen molar-refractivity contribution in [2.45, 2.75) is 26.6 Å². The highest BCUT2D eigenvalue weighted by molar-refractivity contribution is 5.58. The van der Waals surface area contributed by atoms with Crippen LogP contribution in [0.15, 0.2) is 29.4 Å². The van der Waals surface area contributed by atoms with Gasteiger partial charge in [-0.2, -0.15) is 13.2 Å². The predicted molar refractivity (Wildman–Crippen MR) is 58.5 cm³/mol. The molecule has 0 unspecified atom stereocenters. The molecule has 0 saturated carbocycles. The second-order valence-corrected chi connectivity index (χ2v) is 3.80. The normalized spacial score (nSPS) is 12.4. The molecule has 0 amide bonds. The molecule has 1 radical (unpaired) electrons. The molecule has 0 fully saturated rings. The van der Waals surface area contributed by atoms with Gasteiger partial charge in [0.2, 0.25) is 0 Å². The highest BCUT2D eigenvalue weighted by atomic mass is 19.4. The van der Waals surface area contributed by atoms with Crippen molar-refractivity contribution in [3.63, 3.8) is 0 Å². The van der Waals surface area contributed by atoms with E-state index in [2.05, 4.69) is 11.4 Å². The zero-order valence-electron chi connectivity index (χ0n) is 9.58. The van der Waals surface area contributed by atoms with Crippen LogP contribution < -0.4 is 0 Å². The summed E-state index contributed by atoms with van der Waals surface area (Å²) in [5.74, 6) is 0.0767. The number of hydrogen-bond acceptors (Lipinski definition) is 2. The van der Waals surface area contributed by atoms with E-state index >= 15 is 0 Å². The SMILES string of the molecule is CC(C)/[C]=N\OCc1ccccc1C(F)(F)F. The van der Waals surface area contributed by atoms with Gasteiger partial charge in [0.15, 0.2) is 0 Å². The molecule has 17 heavy (non-hydrogen) atoms. The molecule has 1 aromatic rings. The lowest BCUT2D eigenvalue weighted by molar-refractivity contribution is -0.138. The van der Waals surface area contributed by atoms with Gasteiger partial charge < -0.3 is 4.84 Å². The summed E-state index contributed by atoms with van der Waals surface area (Å²) in [5.41, 5.74) is -0.631. The summed E-state index contributed by atoms with van der Waals surface area (Å²) in [7, 11) is 0. The maximum Gasteiger partial charge on any atom is 0.416 e. The van der Waals surface area contributed by atoms with Gasteiger partial charge in [0.1, 0.15) is 12.8 Å². The van der Waals surface area contributed by atoms with Crippen molar-refractivity contribution < 1.29 is 18.0 Å². The molecule has 0 aromatic heterocycles. The molecule has 0 aliphatic heterocycles. The minimum Gasteiger partial charge on any atom is -0.391 e. The highest BCUT2D eigenvalue weighted by Crippen LogP contribution is 2.32. The van der Waals surface area contributed by atoms with Crippen LogP contribution in [0.25, 0.3) is 0 Å². The molecule has 5 heteroatoms. The molecular formula is C12H13F3NO. The van der Waals surface area contributed by atoms with E-state index in [0.717, 1.165) is 6.07 Å². The zero-order chi connectivity index (χ0) is 12.9. The molecule has 0 saturated heterocycles. The molecule has 0 spiro atoms. The lowest BCUT2D eigenvalue weighted by Gasteiger charge is -2.11. The first kappa shape index (κ1) is 13.5. The van der Waals surface area contributed by atoms with Crippen LogP contribution in [0.2, 0.25) is 0 Å². The van der Waals surface area contributed by atoms with Crippen molar-refractivity contribution >= 4 is 6.21 Å². The Kier molecular flexibility index (Phi) is 4.54. The molecule has 1 aromatic carbocycles. The van der Waals surface area contributed by atoms with Gasteiger partial charge in [0.05, 0.1) is 5.56 Å². The summed E-state index contributed by atoms with van der Waals surface area (Å²) in [6, 6.07) is 5.27. The minimum absolute atomic E-state index is 0.0642. The Balaban J connectivity index is 2.71. The molecule has 0 atom stereocenters. The molecule has 93 valence electrons. The van der Waals surface area contributed by atoms with E-state index in [0.29, 0.717) is 0 Å². The molecule has 0 bridgehead atoms. The fourth-order valence-electron chi connectivity index (χ4n) is 1.17. The maximum atomic E-state index is 12.6. The molecule has 2 nitrogen and oxygen atoms in total. The fourth-order valence-corrected chi connectivity index (χ4v) is 1.17. The van der Waals surface area contributed by atoms with Gasteiger partial charge in [0, 0.05) is 11.5 Å². The lowest BCUT2D eigenvalue weighted by Crippen LogP contribution is -2.09. The number of hydrogen-bond donors (Lipinski definition) is 0. The van der Waals surface area contributed by atoms with Crippen LogP contribution in [-0.4, -0.2) is 6.21 Å². The lowest BCUT2D eigenvalue weighted by atomic mass is 10.1. The molecule has 0 aliphatic carbocycles. The Morgan fingerprint density at radius 3 is 2.53 bits per heavy atom. The van der Waals surface area contributed by atoms with Crippen LogP contribution in [0.1, 0.15) is 25.0 Å². The maximum absolute atomic E-state index is 12.6. The van der Waals surface area contributed by atoms with Gasteiger partial charge in [-0.1, -0.05) is 37.2 Å². The molecule has 0 aliphatic rings. The van der Waals surface area contributed by atoms with Crippen LogP contribution in [0.4, 0.5) is 13.2 Å². The van der Waals surface area contributed by atoms with Crippen molar-refractivity contribution in [1.82, 2.24) is 0 Å². The average molecular weight is 244 g/mol. The largest absolute Gasteiger partial charge is 0.416 e. The Bertz CT molecular complexity index is 386. The van der Waals surface area contributed by atoms with Crippen LogP contribution in [-0.2, 0) is 17.6 Å². The predicted octanol–water partition coefficient (Wildman–Crippen LogP) is 3.74. The van der Waals surface area contributed by atoms with Crippen molar-refractivity contribution in [2.24, 2.45) is 11.1 Å². The summed E-state index contributed by atoms with van der Waals surface area (Å²) in [6.07, 6.45) is -1.77. The van der Waals surface area contributed by atoms with Crippen molar-refractivity contribution in [2.75, 3.05) is 0 Å². The molecular weight excluding hydrogens is 231 g/mol.